The van der Waals surface area contributed by atoms with Crippen molar-refractivity contribution in [3.63, 3.8) is 0 Å². The van der Waals surface area contributed by atoms with Crippen LogP contribution in [0.1, 0.15) is 41.6 Å². The molecule has 0 saturated heterocycles. The molecule has 0 bridgehead atoms. The van der Waals surface area contributed by atoms with Gasteiger partial charge in [0, 0.05) is 12.1 Å². The number of hydrogen-bond donors (Lipinski definition) is 2. The van der Waals surface area contributed by atoms with E-state index in [1.165, 1.54) is 25.7 Å². The van der Waals surface area contributed by atoms with Gasteiger partial charge in [0.05, 0.1) is 0 Å². The molecule has 1 aromatic carbocycles. The number of nitrogens with two attached hydrogens (primary N) is 1. The van der Waals surface area contributed by atoms with Crippen molar-refractivity contribution in [1.29, 1.82) is 0 Å². The number of benzene rings is 1. The van der Waals surface area contributed by atoms with Gasteiger partial charge in [0.15, 0.2) is 0 Å². The van der Waals surface area contributed by atoms with E-state index in [-0.39, 0.29) is 5.91 Å². The highest BCUT2D eigenvalue weighted by atomic mass is 16.1. The summed E-state index contributed by atoms with van der Waals surface area (Å²) in [7, 11) is 0. The molecule has 2 unspecified atom stereocenters. The maximum Gasteiger partial charge on any atom is 0.251 e. The monoisotopic (exact) mass is 260 g/mol. The molecule has 3 N–H and O–H groups in total. The second kappa shape index (κ2) is 6.71. The van der Waals surface area contributed by atoms with Crippen LogP contribution in [0.2, 0.25) is 0 Å². The van der Waals surface area contributed by atoms with Gasteiger partial charge in [-0.2, -0.15) is 0 Å². The average molecular weight is 260 g/mol. The molecule has 0 radical (unpaired) electrons. The summed E-state index contributed by atoms with van der Waals surface area (Å²) < 4.78 is 0. The molecular formula is C16H24N2O. The van der Waals surface area contributed by atoms with Crippen molar-refractivity contribution in [2.24, 2.45) is 17.6 Å². The van der Waals surface area contributed by atoms with Crippen molar-refractivity contribution in [2.45, 2.75) is 32.6 Å². The lowest BCUT2D eigenvalue weighted by Crippen LogP contribution is -2.37. The largest absolute Gasteiger partial charge is 0.352 e. The Balaban J connectivity index is 1.91. The molecule has 104 valence electrons. The maximum absolute atomic E-state index is 12.2. The Morgan fingerprint density at radius 3 is 2.63 bits per heavy atom. The van der Waals surface area contributed by atoms with Crippen LogP contribution < -0.4 is 11.1 Å². The third-order valence-corrected chi connectivity index (χ3v) is 4.28. The number of amides is 1. The highest BCUT2D eigenvalue weighted by Gasteiger charge is 2.24. The van der Waals surface area contributed by atoms with Gasteiger partial charge in [-0.25, -0.2) is 0 Å². The van der Waals surface area contributed by atoms with E-state index in [1.54, 1.807) is 0 Å². The van der Waals surface area contributed by atoms with Gasteiger partial charge in [0.25, 0.3) is 5.91 Å². The molecular weight excluding hydrogens is 236 g/mol. The molecule has 0 heterocycles. The second-order valence-electron chi connectivity index (χ2n) is 5.57. The summed E-state index contributed by atoms with van der Waals surface area (Å²) in [6.07, 6.45) is 4.95. The fraction of sp³-hybridized carbons (Fsp3) is 0.562. The second-order valence-corrected chi connectivity index (χ2v) is 5.57. The molecule has 19 heavy (non-hydrogen) atoms. The first-order valence-corrected chi connectivity index (χ1v) is 7.26. The van der Waals surface area contributed by atoms with E-state index in [2.05, 4.69) is 5.32 Å². The highest BCUT2D eigenvalue weighted by molar-refractivity contribution is 5.95. The predicted octanol–water partition coefficient (Wildman–Crippen LogP) is 2.49. The molecule has 0 aliphatic heterocycles. The number of aryl methyl sites for hydroxylation is 1. The van der Waals surface area contributed by atoms with Crippen LogP contribution in [-0.4, -0.2) is 19.0 Å². The zero-order valence-corrected chi connectivity index (χ0v) is 11.7. The fourth-order valence-corrected chi connectivity index (χ4v) is 3.01. The Morgan fingerprint density at radius 1 is 1.26 bits per heavy atom. The zero-order chi connectivity index (χ0) is 13.7. The van der Waals surface area contributed by atoms with E-state index >= 15 is 0 Å². The topological polar surface area (TPSA) is 55.1 Å². The van der Waals surface area contributed by atoms with Crippen LogP contribution in [0, 0.1) is 18.8 Å². The van der Waals surface area contributed by atoms with Crippen LogP contribution in [-0.2, 0) is 0 Å². The standard InChI is InChI=1S/C16H24N2O/c1-12-6-2-5-9-15(12)16(19)18-11-14-8-4-3-7-13(14)10-17/h2,5-6,9,13-14H,3-4,7-8,10-11,17H2,1H3,(H,18,19). The maximum atomic E-state index is 12.2. The van der Waals surface area contributed by atoms with E-state index in [0.29, 0.717) is 11.8 Å². The molecule has 3 heteroatoms. The third-order valence-electron chi connectivity index (χ3n) is 4.28. The van der Waals surface area contributed by atoms with Crippen molar-refractivity contribution in [2.75, 3.05) is 13.1 Å². The van der Waals surface area contributed by atoms with Crippen molar-refractivity contribution < 1.29 is 4.79 Å². The van der Waals surface area contributed by atoms with E-state index < -0.39 is 0 Å². The minimum absolute atomic E-state index is 0.0412. The van der Waals surface area contributed by atoms with Gasteiger partial charge in [-0.1, -0.05) is 31.0 Å². The predicted molar refractivity (Wildman–Crippen MR) is 78.0 cm³/mol. The first kappa shape index (κ1) is 14.1. The van der Waals surface area contributed by atoms with E-state index in [4.69, 9.17) is 5.73 Å². The van der Waals surface area contributed by atoms with Crippen LogP contribution >= 0.6 is 0 Å². The molecule has 1 aliphatic carbocycles. The Kier molecular flexibility index (Phi) is 4.97. The van der Waals surface area contributed by atoms with Crippen LogP contribution in [0.4, 0.5) is 0 Å². The summed E-state index contributed by atoms with van der Waals surface area (Å²) in [5, 5.41) is 3.08. The van der Waals surface area contributed by atoms with E-state index in [0.717, 1.165) is 24.2 Å². The molecule has 1 amide bonds. The summed E-state index contributed by atoms with van der Waals surface area (Å²) >= 11 is 0. The van der Waals surface area contributed by atoms with Gasteiger partial charge in [-0.3, -0.25) is 4.79 Å². The fourth-order valence-electron chi connectivity index (χ4n) is 3.01. The van der Waals surface area contributed by atoms with Gasteiger partial charge >= 0.3 is 0 Å². The van der Waals surface area contributed by atoms with Crippen LogP contribution in [0.15, 0.2) is 24.3 Å². The number of rotatable bonds is 4. The summed E-state index contributed by atoms with van der Waals surface area (Å²) in [4.78, 5) is 12.2. The minimum Gasteiger partial charge on any atom is -0.352 e. The molecule has 1 aromatic rings. The van der Waals surface area contributed by atoms with E-state index in [1.807, 2.05) is 31.2 Å². The highest BCUT2D eigenvalue weighted by Crippen LogP contribution is 2.28. The van der Waals surface area contributed by atoms with Crippen molar-refractivity contribution >= 4 is 5.91 Å². The number of nitrogens with one attached hydrogen (secondary N) is 1. The Morgan fingerprint density at radius 2 is 1.95 bits per heavy atom. The first-order valence-electron chi connectivity index (χ1n) is 7.26. The van der Waals surface area contributed by atoms with Crippen molar-refractivity contribution in [3.05, 3.63) is 35.4 Å². The summed E-state index contributed by atoms with van der Waals surface area (Å²) in [6.45, 7) is 3.47. The Bertz CT molecular complexity index is 431. The Labute approximate surface area is 115 Å². The zero-order valence-electron chi connectivity index (χ0n) is 11.7. The third kappa shape index (κ3) is 3.57. The Hall–Kier alpha value is -1.35. The minimum atomic E-state index is 0.0412. The lowest BCUT2D eigenvalue weighted by atomic mass is 9.79. The first-order chi connectivity index (χ1) is 9.22. The summed E-state index contributed by atoms with van der Waals surface area (Å²) in [5.41, 5.74) is 7.63. The molecule has 3 nitrogen and oxygen atoms in total. The van der Waals surface area contributed by atoms with E-state index in [9.17, 15) is 4.79 Å². The number of hydrogen-bond acceptors (Lipinski definition) is 2. The van der Waals surface area contributed by atoms with Gasteiger partial charge in [-0.15, -0.1) is 0 Å². The lowest BCUT2D eigenvalue weighted by Gasteiger charge is -2.30. The number of carbonyl (C=O) groups is 1. The smallest absolute Gasteiger partial charge is 0.251 e. The van der Waals surface area contributed by atoms with Gasteiger partial charge in [0.1, 0.15) is 0 Å². The SMILES string of the molecule is Cc1ccccc1C(=O)NCC1CCCCC1CN. The molecule has 2 atom stereocenters. The van der Waals surface area contributed by atoms with Crippen molar-refractivity contribution in [3.8, 4) is 0 Å². The van der Waals surface area contributed by atoms with Crippen LogP contribution in [0.5, 0.6) is 0 Å². The molecule has 0 spiro atoms. The lowest BCUT2D eigenvalue weighted by molar-refractivity contribution is 0.0934. The van der Waals surface area contributed by atoms with Crippen molar-refractivity contribution in [1.82, 2.24) is 5.32 Å². The number of carbonyl (C=O) groups excluding carboxylic acids is 1. The average Bonchev–Trinajstić information content (AvgIpc) is 2.45. The van der Waals surface area contributed by atoms with Crippen LogP contribution in [0.3, 0.4) is 0 Å². The van der Waals surface area contributed by atoms with Gasteiger partial charge in [0.2, 0.25) is 0 Å². The molecule has 0 aromatic heterocycles. The van der Waals surface area contributed by atoms with Gasteiger partial charge in [-0.05, 0) is 49.8 Å². The summed E-state index contributed by atoms with van der Waals surface area (Å²) in [5.74, 6) is 1.16. The molecule has 1 aliphatic rings. The normalized spacial score (nSPS) is 23.1. The quantitative estimate of drug-likeness (QED) is 0.874. The molecule has 1 saturated carbocycles. The molecule has 1 fully saturated rings. The van der Waals surface area contributed by atoms with Crippen LogP contribution in [0.25, 0.3) is 0 Å². The summed E-state index contributed by atoms with van der Waals surface area (Å²) in [6, 6.07) is 7.72. The molecule has 2 rings (SSSR count). The van der Waals surface area contributed by atoms with Gasteiger partial charge < -0.3 is 11.1 Å².